The summed E-state index contributed by atoms with van der Waals surface area (Å²) >= 11 is 0. The Morgan fingerprint density at radius 1 is 0.280 bits per heavy atom. The highest BCUT2D eigenvalue weighted by Crippen LogP contribution is 2.64. The summed E-state index contributed by atoms with van der Waals surface area (Å²) in [6, 6.07) is 34.1. The van der Waals surface area contributed by atoms with Crippen LogP contribution in [0.25, 0.3) is 0 Å². The lowest BCUT2D eigenvalue weighted by atomic mass is 9.42. The first kappa shape index (κ1) is 61.3. The summed E-state index contributed by atoms with van der Waals surface area (Å²) in [6.45, 7) is 11.9. The zero-order valence-electron chi connectivity index (χ0n) is 50.9. The number of hydrogen-bond donors (Lipinski definition) is 0. The number of carbonyl (C=O) groups excluding carboxylic acids is 4. The van der Waals surface area contributed by atoms with Crippen molar-refractivity contribution >= 4 is 23.1 Å². The van der Waals surface area contributed by atoms with Gasteiger partial charge in [0.05, 0.1) is 48.1 Å². The highest BCUT2D eigenvalue weighted by molar-refractivity contribution is 6.31. The van der Waals surface area contributed by atoms with Gasteiger partial charge in [-0.3, -0.25) is 19.2 Å². The van der Waals surface area contributed by atoms with E-state index in [1.807, 2.05) is 0 Å². The molecule has 0 saturated heterocycles. The molecule has 4 spiro atoms. The predicted octanol–water partition coefficient (Wildman–Crippen LogP) is 18.7. The molecule has 6 aliphatic rings. The number of ketones is 4. The second-order valence-corrected chi connectivity index (χ2v) is 25.9. The summed E-state index contributed by atoms with van der Waals surface area (Å²) in [7, 11) is 0. The van der Waals surface area contributed by atoms with Crippen LogP contribution < -0.4 is 18.9 Å². The largest absolute Gasteiger partial charge is 0.494 e. The van der Waals surface area contributed by atoms with E-state index in [1.54, 1.807) is 0 Å². The number of unbranched alkanes of at least 4 members (excludes halogenated alkanes) is 10. The van der Waals surface area contributed by atoms with Gasteiger partial charge in [-0.1, -0.05) is 140 Å². The van der Waals surface area contributed by atoms with Gasteiger partial charge >= 0.3 is 0 Å². The molecule has 6 fully saturated rings. The van der Waals surface area contributed by atoms with Crippen molar-refractivity contribution in [2.45, 2.75) is 244 Å². The van der Waals surface area contributed by atoms with Crippen LogP contribution in [0.2, 0.25) is 0 Å². The molecule has 82 heavy (non-hydrogen) atoms. The van der Waals surface area contributed by atoms with Crippen LogP contribution >= 0.6 is 0 Å². The van der Waals surface area contributed by atoms with E-state index in [-0.39, 0.29) is 23.1 Å². The third-order valence-corrected chi connectivity index (χ3v) is 20.8. The minimum atomic E-state index is -0.693. The molecule has 4 aromatic rings. The van der Waals surface area contributed by atoms with Crippen LogP contribution in [0.5, 0.6) is 23.0 Å². The van der Waals surface area contributed by atoms with Crippen molar-refractivity contribution in [2.75, 3.05) is 26.4 Å². The average Bonchev–Trinajstić information content (AvgIpc) is 1.10. The second-order valence-electron chi connectivity index (χ2n) is 25.9. The lowest BCUT2D eigenvalue weighted by Gasteiger charge is -2.57. The fraction of sp³-hybridized carbons (Fsp3) is 0.622. The molecule has 8 nitrogen and oxygen atoms in total. The van der Waals surface area contributed by atoms with Crippen LogP contribution in [0.1, 0.15) is 266 Å². The molecule has 8 heteroatoms. The minimum Gasteiger partial charge on any atom is -0.494 e. The zero-order valence-corrected chi connectivity index (χ0v) is 50.9. The van der Waals surface area contributed by atoms with Crippen LogP contribution in [0.3, 0.4) is 0 Å². The molecule has 10 rings (SSSR count). The van der Waals surface area contributed by atoms with Gasteiger partial charge in [-0.2, -0.15) is 0 Å². The molecule has 0 bridgehead atoms. The Bertz CT molecular complexity index is 2420. The first-order chi connectivity index (χ1) is 40.0. The van der Waals surface area contributed by atoms with Crippen molar-refractivity contribution in [3.05, 3.63) is 119 Å². The van der Waals surface area contributed by atoms with Crippen molar-refractivity contribution in [3.8, 4) is 23.0 Å². The van der Waals surface area contributed by atoms with E-state index in [4.69, 9.17) is 18.9 Å². The van der Waals surface area contributed by atoms with Gasteiger partial charge in [0.15, 0.2) is 23.1 Å². The van der Waals surface area contributed by atoms with E-state index in [2.05, 4.69) is 125 Å². The fourth-order valence-electron chi connectivity index (χ4n) is 15.6. The van der Waals surface area contributed by atoms with E-state index >= 15 is 0 Å². The molecular formula is C74H100O8. The molecule has 0 N–H and O–H groups in total. The molecular weight excluding hydrogens is 1020 g/mol. The molecule has 0 unspecified atom stereocenters. The molecule has 0 aliphatic heterocycles. The zero-order chi connectivity index (χ0) is 57.4. The van der Waals surface area contributed by atoms with E-state index in [0.29, 0.717) is 23.7 Å². The smallest absolute Gasteiger partial charge is 0.159 e. The van der Waals surface area contributed by atoms with Gasteiger partial charge < -0.3 is 18.9 Å². The maximum absolute atomic E-state index is 13.8. The monoisotopic (exact) mass is 1120 g/mol. The van der Waals surface area contributed by atoms with Crippen LogP contribution in [0, 0.1) is 21.7 Å². The van der Waals surface area contributed by atoms with E-state index < -0.39 is 21.7 Å². The Hall–Kier alpha value is -5.24. The first-order valence-electron chi connectivity index (χ1n) is 33.2. The normalized spacial score (nSPS) is 27.7. The topological polar surface area (TPSA) is 105 Å². The maximum Gasteiger partial charge on any atom is 0.159 e. The number of hydrogen-bond acceptors (Lipinski definition) is 8. The van der Waals surface area contributed by atoms with Gasteiger partial charge in [-0.15, -0.1) is 0 Å². The SMILES string of the molecule is CCCCCCOc1ccc(C2CCC3(CC2)C(=O)C2(CCC(c4ccc(OCCCCCC)cc4)CC2)C3=O)cc1.CCCCCOc1ccc(C2CCC3(CC2)C(=O)C2(CCC(c4ccc(OCCCCC)cc4)CC2)C3=O)cc1. The third-order valence-electron chi connectivity index (χ3n) is 20.8. The molecule has 0 heterocycles. The van der Waals surface area contributed by atoms with E-state index in [1.165, 1.54) is 86.5 Å². The minimum absolute atomic E-state index is 0.272. The Morgan fingerprint density at radius 2 is 0.463 bits per heavy atom. The van der Waals surface area contributed by atoms with Crippen LogP contribution in [-0.4, -0.2) is 49.6 Å². The number of rotatable bonds is 26. The molecule has 6 aliphatic carbocycles. The third kappa shape index (κ3) is 13.6. The van der Waals surface area contributed by atoms with Crippen LogP contribution in [0.15, 0.2) is 97.1 Å². The van der Waals surface area contributed by atoms with Gasteiger partial charge in [0.2, 0.25) is 0 Å². The number of benzene rings is 4. The first-order valence-corrected chi connectivity index (χ1v) is 33.2. The standard InChI is InChI=1S/C38H52O4.C36H48O4/c1-3-5-7-9-27-41-33-15-11-29(12-16-33)31-19-23-37(24-20-31)35(39)38(36(37)40)25-21-32(22-26-38)30-13-17-34(18-14-30)42-28-10-8-6-4-2;1-3-5-7-25-39-31-13-9-27(10-14-31)29-17-21-35(22-18-29)33(37)36(34(35)38)23-19-30(20-24-36)28-11-15-32(16-12-28)40-26-8-6-4-2/h11-18,31-32H,3-10,19-28H2,1-2H3;9-16,29-30H,3-8,17-26H2,1-2H3. The van der Waals surface area contributed by atoms with Crippen molar-refractivity contribution in [1.82, 2.24) is 0 Å². The van der Waals surface area contributed by atoms with Gasteiger partial charge in [-0.05, 0) is 223 Å². The molecule has 0 amide bonds. The number of Topliss-reactive ketones (excluding diaryl/α,β-unsaturated/α-hetero) is 4. The van der Waals surface area contributed by atoms with E-state index in [9.17, 15) is 19.2 Å². The summed E-state index contributed by atoms with van der Waals surface area (Å²) in [6.07, 6.45) is 29.7. The molecule has 0 atom stereocenters. The van der Waals surface area contributed by atoms with Crippen molar-refractivity contribution in [3.63, 3.8) is 0 Å². The van der Waals surface area contributed by atoms with E-state index in [0.717, 1.165) is 178 Å². The summed E-state index contributed by atoms with van der Waals surface area (Å²) in [5.74, 6) is 6.51. The highest BCUT2D eigenvalue weighted by Gasteiger charge is 2.72. The Balaban J connectivity index is 0.000000198. The highest BCUT2D eigenvalue weighted by atomic mass is 16.5. The van der Waals surface area contributed by atoms with Crippen LogP contribution in [-0.2, 0) is 19.2 Å². The molecule has 0 radical (unpaired) electrons. The molecule has 0 aromatic heterocycles. The quantitative estimate of drug-likeness (QED) is 0.0452. The van der Waals surface area contributed by atoms with Crippen molar-refractivity contribution in [2.24, 2.45) is 21.7 Å². The fourth-order valence-corrected chi connectivity index (χ4v) is 15.6. The summed E-state index contributed by atoms with van der Waals surface area (Å²) < 4.78 is 23.6. The maximum atomic E-state index is 13.8. The molecule has 6 saturated carbocycles. The van der Waals surface area contributed by atoms with Crippen molar-refractivity contribution in [1.29, 1.82) is 0 Å². The van der Waals surface area contributed by atoms with Gasteiger partial charge in [0, 0.05) is 0 Å². The second kappa shape index (κ2) is 29.0. The summed E-state index contributed by atoms with van der Waals surface area (Å²) in [5, 5.41) is 0. The molecule has 444 valence electrons. The van der Waals surface area contributed by atoms with Gasteiger partial charge in [0.1, 0.15) is 23.0 Å². The van der Waals surface area contributed by atoms with Crippen LogP contribution in [0.4, 0.5) is 0 Å². The molecule has 4 aromatic carbocycles. The summed E-state index contributed by atoms with van der Waals surface area (Å²) in [4.78, 5) is 55.0. The summed E-state index contributed by atoms with van der Waals surface area (Å²) in [5.41, 5.74) is 2.47. The van der Waals surface area contributed by atoms with Crippen molar-refractivity contribution < 1.29 is 38.1 Å². The van der Waals surface area contributed by atoms with Gasteiger partial charge in [-0.25, -0.2) is 0 Å². The lowest BCUT2D eigenvalue weighted by Crippen LogP contribution is -2.68. The number of carbonyl (C=O) groups is 4. The number of ether oxygens (including phenoxy) is 4. The predicted molar refractivity (Wildman–Crippen MR) is 330 cm³/mol. The lowest BCUT2D eigenvalue weighted by molar-refractivity contribution is -0.178. The average molecular weight is 1120 g/mol. The Kier molecular flexibility index (Phi) is 21.7. The Morgan fingerprint density at radius 3 is 0.659 bits per heavy atom. The Labute approximate surface area is 493 Å². The van der Waals surface area contributed by atoms with Gasteiger partial charge in [0.25, 0.3) is 0 Å².